The van der Waals surface area contributed by atoms with Crippen LogP contribution in [-0.2, 0) is 4.74 Å². The van der Waals surface area contributed by atoms with Crippen molar-refractivity contribution in [2.45, 2.75) is 0 Å². The SMILES string of the molecule is N/C(=N/N1CCOCC1)c1ccc2nc(/C=C/c3ccccc3)[nH]c2c1. The van der Waals surface area contributed by atoms with Crippen LogP contribution < -0.4 is 5.73 Å². The zero-order valence-electron chi connectivity index (χ0n) is 14.4. The smallest absolute Gasteiger partial charge is 0.150 e. The van der Waals surface area contributed by atoms with E-state index in [0.717, 1.165) is 41.1 Å². The highest BCUT2D eigenvalue weighted by Gasteiger charge is 2.10. The maximum Gasteiger partial charge on any atom is 0.150 e. The molecule has 4 rings (SSSR count). The zero-order chi connectivity index (χ0) is 17.8. The molecule has 0 saturated carbocycles. The number of aromatic nitrogens is 2. The second kappa shape index (κ2) is 7.41. The number of imidazole rings is 1. The molecule has 0 atom stereocenters. The molecule has 6 nitrogen and oxygen atoms in total. The van der Waals surface area contributed by atoms with Crippen LogP contribution in [0.15, 0.2) is 53.6 Å². The van der Waals surface area contributed by atoms with E-state index in [1.54, 1.807) is 0 Å². The summed E-state index contributed by atoms with van der Waals surface area (Å²) in [6, 6.07) is 16.0. The van der Waals surface area contributed by atoms with Crippen molar-refractivity contribution in [3.63, 3.8) is 0 Å². The number of benzene rings is 2. The summed E-state index contributed by atoms with van der Waals surface area (Å²) in [4.78, 5) is 7.92. The minimum atomic E-state index is 0.504. The minimum Gasteiger partial charge on any atom is -0.382 e. The molecule has 2 aromatic carbocycles. The fraction of sp³-hybridized carbons (Fsp3) is 0.200. The summed E-state index contributed by atoms with van der Waals surface area (Å²) in [5.41, 5.74) is 10.0. The number of amidine groups is 1. The maximum absolute atomic E-state index is 6.18. The molecule has 0 amide bonds. The fourth-order valence-electron chi connectivity index (χ4n) is 2.87. The van der Waals surface area contributed by atoms with Crippen LogP contribution in [-0.4, -0.2) is 47.1 Å². The normalized spacial score (nSPS) is 15.8. The molecule has 1 fully saturated rings. The van der Waals surface area contributed by atoms with Gasteiger partial charge in [-0.15, -0.1) is 0 Å². The third kappa shape index (κ3) is 3.75. The summed E-state index contributed by atoms with van der Waals surface area (Å²) in [5, 5.41) is 6.44. The molecule has 2 heterocycles. The monoisotopic (exact) mass is 347 g/mol. The van der Waals surface area contributed by atoms with Crippen LogP contribution in [0.4, 0.5) is 0 Å². The fourth-order valence-corrected chi connectivity index (χ4v) is 2.87. The van der Waals surface area contributed by atoms with E-state index in [4.69, 9.17) is 10.5 Å². The van der Waals surface area contributed by atoms with Crippen molar-refractivity contribution in [2.75, 3.05) is 26.3 Å². The third-order valence-electron chi connectivity index (χ3n) is 4.27. The second-order valence-electron chi connectivity index (χ2n) is 6.15. The average molecular weight is 347 g/mol. The lowest BCUT2D eigenvalue weighted by atomic mass is 10.2. The largest absolute Gasteiger partial charge is 0.382 e. The third-order valence-corrected chi connectivity index (χ3v) is 4.27. The minimum absolute atomic E-state index is 0.504. The Balaban J connectivity index is 1.55. The first-order valence-corrected chi connectivity index (χ1v) is 8.68. The molecule has 0 bridgehead atoms. The van der Waals surface area contributed by atoms with Crippen LogP contribution >= 0.6 is 0 Å². The lowest BCUT2D eigenvalue weighted by molar-refractivity contribution is 0.0393. The van der Waals surface area contributed by atoms with Crippen LogP contribution in [0, 0.1) is 0 Å². The van der Waals surface area contributed by atoms with Crippen LogP contribution in [0.5, 0.6) is 0 Å². The Labute approximate surface area is 152 Å². The average Bonchev–Trinajstić information content (AvgIpc) is 3.10. The number of ether oxygens (including phenoxy) is 1. The molecule has 1 saturated heterocycles. The van der Waals surface area contributed by atoms with E-state index in [9.17, 15) is 0 Å². The van der Waals surface area contributed by atoms with Gasteiger partial charge in [-0.1, -0.05) is 36.4 Å². The molecule has 6 heteroatoms. The van der Waals surface area contributed by atoms with Gasteiger partial charge in [0, 0.05) is 5.56 Å². The standard InChI is InChI=1S/C20H21N5O/c21-20(24-25-10-12-26-13-11-25)16-7-8-17-18(14-16)23-19(22-17)9-6-15-4-2-1-3-5-15/h1-9,14H,10-13H2,(H2,21,24)(H,22,23)/b9-6+. The van der Waals surface area contributed by atoms with E-state index in [0.29, 0.717) is 19.0 Å². The van der Waals surface area contributed by atoms with Crippen LogP contribution in [0.3, 0.4) is 0 Å². The van der Waals surface area contributed by atoms with Gasteiger partial charge in [0.2, 0.25) is 0 Å². The zero-order valence-corrected chi connectivity index (χ0v) is 14.4. The Morgan fingerprint density at radius 1 is 1.12 bits per heavy atom. The highest BCUT2D eigenvalue weighted by atomic mass is 16.5. The highest BCUT2D eigenvalue weighted by Crippen LogP contribution is 2.16. The lowest BCUT2D eigenvalue weighted by Gasteiger charge is -2.24. The highest BCUT2D eigenvalue weighted by molar-refractivity contribution is 6.00. The molecule has 1 aromatic heterocycles. The first-order valence-electron chi connectivity index (χ1n) is 8.68. The number of nitrogens with zero attached hydrogens (tertiary/aromatic N) is 3. The molecule has 1 aliphatic rings. The van der Waals surface area contributed by atoms with Gasteiger partial charge in [0.25, 0.3) is 0 Å². The van der Waals surface area contributed by atoms with Crippen molar-refractivity contribution >= 4 is 29.0 Å². The lowest BCUT2D eigenvalue weighted by Crippen LogP contribution is -2.34. The predicted molar refractivity (Wildman–Crippen MR) is 105 cm³/mol. The van der Waals surface area contributed by atoms with Gasteiger partial charge < -0.3 is 15.5 Å². The van der Waals surface area contributed by atoms with E-state index in [2.05, 4.69) is 27.2 Å². The topological polar surface area (TPSA) is 79.5 Å². The van der Waals surface area contributed by atoms with Crippen LogP contribution in [0.1, 0.15) is 17.0 Å². The number of nitrogens with two attached hydrogens (primary N) is 1. The molecule has 0 aliphatic carbocycles. The number of hydrogen-bond acceptors (Lipinski definition) is 4. The van der Waals surface area contributed by atoms with Crippen molar-refractivity contribution in [1.82, 2.24) is 15.0 Å². The van der Waals surface area contributed by atoms with Crippen molar-refractivity contribution in [1.29, 1.82) is 0 Å². The Hall–Kier alpha value is -3.12. The molecule has 132 valence electrons. The van der Waals surface area contributed by atoms with E-state index >= 15 is 0 Å². The van der Waals surface area contributed by atoms with E-state index in [-0.39, 0.29) is 0 Å². The number of aromatic amines is 1. The van der Waals surface area contributed by atoms with Crippen LogP contribution in [0.25, 0.3) is 23.2 Å². The van der Waals surface area contributed by atoms with Gasteiger partial charge in [-0.3, -0.25) is 5.01 Å². The van der Waals surface area contributed by atoms with Crippen molar-refractivity contribution < 1.29 is 4.74 Å². The first-order chi connectivity index (χ1) is 12.8. The molecule has 0 radical (unpaired) electrons. The van der Waals surface area contributed by atoms with Gasteiger partial charge in [0.15, 0.2) is 5.84 Å². The molecule has 0 unspecified atom stereocenters. The molecule has 3 N–H and O–H groups in total. The first kappa shape index (κ1) is 16.4. The number of H-pyrrole nitrogens is 1. The Morgan fingerprint density at radius 2 is 1.92 bits per heavy atom. The summed E-state index contributed by atoms with van der Waals surface area (Å²) in [7, 11) is 0. The Morgan fingerprint density at radius 3 is 2.73 bits per heavy atom. The Kier molecular flexibility index (Phi) is 4.66. The Bertz CT molecular complexity index is 939. The number of fused-ring (bicyclic) bond motifs is 1. The quantitative estimate of drug-likeness (QED) is 0.562. The predicted octanol–water partition coefficient (Wildman–Crippen LogP) is 2.69. The molecule has 0 spiro atoms. The van der Waals surface area contributed by atoms with E-state index < -0.39 is 0 Å². The van der Waals surface area contributed by atoms with Gasteiger partial charge in [-0.05, 0) is 29.8 Å². The van der Waals surface area contributed by atoms with Gasteiger partial charge in [0.1, 0.15) is 5.82 Å². The molecular formula is C20H21N5O. The molecule has 3 aromatic rings. The number of rotatable bonds is 4. The number of hydrazone groups is 1. The molecular weight excluding hydrogens is 326 g/mol. The number of morpholine rings is 1. The van der Waals surface area contributed by atoms with E-state index in [1.807, 2.05) is 53.6 Å². The van der Waals surface area contributed by atoms with Gasteiger partial charge in [0.05, 0.1) is 37.3 Å². The van der Waals surface area contributed by atoms with Crippen molar-refractivity contribution in [2.24, 2.45) is 10.8 Å². The summed E-state index contributed by atoms with van der Waals surface area (Å²) in [5.74, 6) is 1.31. The number of nitrogens with one attached hydrogen (secondary N) is 1. The molecule has 1 aliphatic heterocycles. The summed E-state index contributed by atoms with van der Waals surface area (Å²) in [6.45, 7) is 2.91. The van der Waals surface area contributed by atoms with Gasteiger partial charge in [-0.2, -0.15) is 5.10 Å². The molecule has 26 heavy (non-hydrogen) atoms. The van der Waals surface area contributed by atoms with Crippen LogP contribution in [0.2, 0.25) is 0 Å². The summed E-state index contributed by atoms with van der Waals surface area (Å²) in [6.07, 6.45) is 4.01. The van der Waals surface area contributed by atoms with E-state index in [1.165, 1.54) is 0 Å². The number of hydrogen-bond donors (Lipinski definition) is 2. The second-order valence-corrected chi connectivity index (χ2v) is 6.15. The van der Waals surface area contributed by atoms with Crippen molar-refractivity contribution in [3.05, 3.63) is 65.5 Å². The van der Waals surface area contributed by atoms with Gasteiger partial charge in [-0.25, -0.2) is 4.98 Å². The summed E-state index contributed by atoms with van der Waals surface area (Å²) < 4.78 is 5.33. The summed E-state index contributed by atoms with van der Waals surface area (Å²) >= 11 is 0. The van der Waals surface area contributed by atoms with Crippen molar-refractivity contribution in [3.8, 4) is 0 Å². The maximum atomic E-state index is 6.18. The van der Waals surface area contributed by atoms with Gasteiger partial charge >= 0.3 is 0 Å².